The minimum atomic E-state index is -0.350. The van der Waals surface area contributed by atoms with E-state index in [0.29, 0.717) is 18.7 Å². The van der Waals surface area contributed by atoms with Crippen molar-refractivity contribution in [1.29, 1.82) is 0 Å². The SMILES string of the molecule is CCOC(=O)c1c(C)[nH]c2cc(Br)c(/C=C3/c4ccc(OC)cc4CCN3C=O)cc12. The average molecular weight is 483 g/mol. The van der Waals surface area contributed by atoms with Crippen LogP contribution in [0.15, 0.2) is 34.8 Å². The number of nitrogens with one attached hydrogen (secondary N) is 1. The highest BCUT2D eigenvalue weighted by Gasteiger charge is 2.23. The number of benzene rings is 2. The predicted octanol–water partition coefficient (Wildman–Crippen LogP) is 4.94. The molecule has 2 aromatic carbocycles. The van der Waals surface area contributed by atoms with Gasteiger partial charge in [-0.3, -0.25) is 4.79 Å². The number of fused-ring (bicyclic) bond motifs is 2. The fraction of sp³-hybridized carbons (Fsp3) is 0.250. The van der Waals surface area contributed by atoms with Gasteiger partial charge < -0.3 is 19.4 Å². The van der Waals surface area contributed by atoms with Crippen molar-refractivity contribution >= 4 is 51.0 Å². The van der Waals surface area contributed by atoms with Crippen LogP contribution < -0.4 is 4.74 Å². The lowest BCUT2D eigenvalue weighted by Crippen LogP contribution is -2.28. The molecule has 0 radical (unpaired) electrons. The number of methoxy groups -OCH3 is 1. The normalized spacial score (nSPS) is 14.6. The summed E-state index contributed by atoms with van der Waals surface area (Å²) in [6, 6.07) is 9.78. The van der Waals surface area contributed by atoms with Crippen LogP contribution in [0.25, 0.3) is 22.7 Å². The Labute approximate surface area is 189 Å². The van der Waals surface area contributed by atoms with Crippen LogP contribution in [0.4, 0.5) is 0 Å². The molecule has 3 aromatic rings. The van der Waals surface area contributed by atoms with E-state index in [2.05, 4.69) is 20.9 Å². The molecule has 7 heteroatoms. The van der Waals surface area contributed by atoms with Crippen LogP contribution in [0.5, 0.6) is 5.75 Å². The molecule has 0 atom stereocenters. The lowest BCUT2D eigenvalue weighted by molar-refractivity contribution is -0.115. The third-order valence-corrected chi connectivity index (χ3v) is 6.21. The zero-order valence-electron chi connectivity index (χ0n) is 17.6. The highest BCUT2D eigenvalue weighted by atomic mass is 79.9. The molecular formula is C24H23BrN2O4. The summed E-state index contributed by atoms with van der Waals surface area (Å²) in [5.74, 6) is 0.443. The molecule has 1 aliphatic rings. The van der Waals surface area contributed by atoms with Crippen LogP contribution in [0.2, 0.25) is 0 Å². The number of rotatable bonds is 5. The molecule has 160 valence electrons. The van der Waals surface area contributed by atoms with Gasteiger partial charge in [0.25, 0.3) is 0 Å². The van der Waals surface area contributed by atoms with E-state index in [0.717, 1.165) is 62.0 Å². The number of halogens is 1. The van der Waals surface area contributed by atoms with Gasteiger partial charge in [-0.1, -0.05) is 15.9 Å². The number of aryl methyl sites for hydroxylation is 1. The summed E-state index contributed by atoms with van der Waals surface area (Å²) < 4.78 is 11.5. The van der Waals surface area contributed by atoms with Crippen molar-refractivity contribution < 1.29 is 19.1 Å². The van der Waals surface area contributed by atoms with Crippen LogP contribution in [0.3, 0.4) is 0 Å². The largest absolute Gasteiger partial charge is 0.497 e. The Morgan fingerprint density at radius 1 is 1.29 bits per heavy atom. The molecule has 4 rings (SSSR count). The summed E-state index contributed by atoms with van der Waals surface area (Å²) in [5, 5.41) is 0.786. The number of aromatic amines is 1. The molecule has 6 nitrogen and oxygen atoms in total. The van der Waals surface area contributed by atoms with Gasteiger partial charge in [-0.25, -0.2) is 4.79 Å². The van der Waals surface area contributed by atoms with Gasteiger partial charge in [-0.2, -0.15) is 0 Å². The molecule has 0 unspecified atom stereocenters. The standard InChI is InChI=1S/C24H23BrN2O4/c1-4-31-24(29)23-14(2)26-21-12-20(25)16(10-19(21)23)11-22-18-6-5-17(30-3)9-15(18)7-8-27(22)13-28/h5-6,9-13,26H,4,7-8H2,1-3H3/b22-11-. The minimum Gasteiger partial charge on any atom is -0.497 e. The number of carbonyl (C=O) groups excluding carboxylic acids is 2. The Kier molecular flexibility index (Phi) is 5.87. The molecule has 1 amide bonds. The van der Waals surface area contributed by atoms with Crippen molar-refractivity contribution in [2.45, 2.75) is 20.3 Å². The van der Waals surface area contributed by atoms with E-state index in [1.807, 2.05) is 43.3 Å². The molecule has 2 heterocycles. The zero-order valence-corrected chi connectivity index (χ0v) is 19.2. The summed E-state index contributed by atoms with van der Waals surface area (Å²) in [7, 11) is 1.64. The third-order valence-electron chi connectivity index (χ3n) is 5.52. The summed E-state index contributed by atoms with van der Waals surface area (Å²) in [4.78, 5) is 29.3. The quantitative estimate of drug-likeness (QED) is 0.413. The Balaban J connectivity index is 1.88. The van der Waals surface area contributed by atoms with Crippen molar-refractivity contribution in [3.05, 3.63) is 62.8 Å². The molecule has 0 aliphatic carbocycles. The van der Waals surface area contributed by atoms with Gasteiger partial charge in [0, 0.05) is 33.2 Å². The van der Waals surface area contributed by atoms with Gasteiger partial charge in [0.15, 0.2) is 0 Å². The van der Waals surface area contributed by atoms with E-state index in [1.165, 1.54) is 0 Å². The van der Waals surface area contributed by atoms with Crippen molar-refractivity contribution in [2.24, 2.45) is 0 Å². The van der Waals surface area contributed by atoms with Gasteiger partial charge in [-0.05, 0) is 67.8 Å². The molecular weight excluding hydrogens is 460 g/mol. The van der Waals surface area contributed by atoms with Crippen molar-refractivity contribution in [1.82, 2.24) is 9.88 Å². The fourth-order valence-electron chi connectivity index (χ4n) is 4.03. The van der Waals surface area contributed by atoms with E-state index >= 15 is 0 Å². The number of aromatic nitrogens is 1. The van der Waals surface area contributed by atoms with Crippen LogP contribution in [-0.4, -0.2) is 42.5 Å². The summed E-state index contributed by atoms with van der Waals surface area (Å²) >= 11 is 3.64. The lowest BCUT2D eigenvalue weighted by atomic mass is 9.95. The number of amides is 1. The smallest absolute Gasteiger partial charge is 0.340 e. The van der Waals surface area contributed by atoms with Gasteiger partial charge >= 0.3 is 5.97 Å². The van der Waals surface area contributed by atoms with Crippen molar-refractivity contribution in [3.63, 3.8) is 0 Å². The maximum absolute atomic E-state index is 12.5. The summed E-state index contributed by atoms with van der Waals surface area (Å²) in [6.07, 6.45) is 3.59. The number of hydrogen-bond donors (Lipinski definition) is 1. The molecule has 1 aliphatic heterocycles. The van der Waals surface area contributed by atoms with Crippen LogP contribution in [0, 0.1) is 6.92 Å². The molecule has 0 saturated heterocycles. The maximum atomic E-state index is 12.5. The van der Waals surface area contributed by atoms with E-state index < -0.39 is 0 Å². The Morgan fingerprint density at radius 2 is 2.10 bits per heavy atom. The number of esters is 1. The van der Waals surface area contributed by atoms with Gasteiger partial charge in [-0.15, -0.1) is 0 Å². The highest BCUT2D eigenvalue weighted by Crippen LogP contribution is 2.35. The monoisotopic (exact) mass is 482 g/mol. The number of carbonyl (C=O) groups is 2. The first kappa shape index (κ1) is 21.2. The molecule has 0 saturated carbocycles. The molecule has 0 bridgehead atoms. The van der Waals surface area contributed by atoms with Crippen molar-refractivity contribution in [2.75, 3.05) is 20.3 Å². The van der Waals surface area contributed by atoms with Crippen LogP contribution in [-0.2, 0) is 16.0 Å². The Morgan fingerprint density at radius 3 is 2.81 bits per heavy atom. The first-order valence-corrected chi connectivity index (χ1v) is 10.9. The topological polar surface area (TPSA) is 71.6 Å². The number of H-pyrrole nitrogens is 1. The summed E-state index contributed by atoms with van der Waals surface area (Å²) in [6.45, 7) is 4.55. The highest BCUT2D eigenvalue weighted by molar-refractivity contribution is 9.10. The molecule has 1 aromatic heterocycles. The van der Waals surface area contributed by atoms with Crippen molar-refractivity contribution in [3.8, 4) is 5.75 Å². The van der Waals surface area contributed by atoms with Gasteiger partial charge in [0.05, 0.1) is 25.0 Å². The number of ether oxygens (including phenoxy) is 2. The third kappa shape index (κ3) is 3.85. The molecule has 0 fully saturated rings. The average Bonchev–Trinajstić information content (AvgIpc) is 3.08. The maximum Gasteiger partial charge on any atom is 0.340 e. The Hall–Kier alpha value is -3.06. The second-order valence-corrected chi connectivity index (χ2v) is 8.22. The second-order valence-electron chi connectivity index (χ2n) is 7.37. The van der Waals surface area contributed by atoms with E-state index in [4.69, 9.17) is 9.47 Å². The first-order chi connectivity index (χ1) is 15.0. The first-order valence-electron chi connectivity index (χ1n) is 10.1. The molecule has 0 spiro atoms. The van der Waals surface area contributed by atoms with E-state index in [1.54, 1.807) is 18.9 Å². The molecule has 31 heavy (non-hydrogen) atoms. The minimum absolute atomic E-state index is 0.312. The van der Waals surface area contributed by atoms with E-state index in [-0.39, 0.29) is 5.97 Å². The fourth-order valence-corrected chi connectivity index (χ4v) is 4.49. The van der Waals surface area contributed by atoms with Crippen LogP contribution in [0.1, 0.15) is 39.7 Å². The number of nitrogens with zero attached hydrogens (tertiary/aromatic N) is 1. The number of hydrogen-bond acceptors (Lipinski definition) is 4. The van der Waals surface area contributed by atoms with Gasteiger partial charge in [0.1, 0.15) is 5.75 Å². The lowest BCUT2D eigenvalue weighted by Gasteiger charge is -2.29. The molecule has 1 N–H and O–H groups in total. The second kappa shape index (κ2) is 8.59. The Bertz CT molecular complexity index is 1210. The van der Waals surface area contributed by atoms with Crippen LogP contribution >= 0.6 is 15.9 Å². The predicted molar refractivity (Wildman–Crippen MR) is 124 cm³/mol. The zero-order chi connectivity index (χ0) is 22.1. The summed E-state index contributed by atoms with van der Waals surface area (Å²) in [5.41, 5.74) is 5.93. The van der Waals surface area contributed by atoms with E-state index in [9.17, 15) is 9.59 Å². The van der Waals surface area contributed by atoms with Gasteiger partial charge in [0.2, 0.25) is 6.41 Å².